The van der Waals surface area contributed by atoms with E-state index in [1.165, 1.54) is 29.2 Å². The van der Waals surface area contributed by atoms with Crippen molar-refractivity contribution in [3.63, 3.8) is 0 Å². The molecule has 40 heavy (non-hydrogen) atoms. The molecule has 3 aromatic carbocycles. The quantitative estimate of drug-likeness (QED) is 0.319. The van der Waals surface area contributed by atoms with Gasteiger partial charge in [-0.1, -0.05) is 50.2 Å². The van der Waals surface area contributed by atoms with Gasteiger partial charge >= 0.3 is 0 Å². The summed E-state index contributed by atoms with van der Waals surface area (Å²) >= 11 is 0. The third-order valence-corrected chi connectivity index (χ3v) is 8.55. The van der Waals surface area contributed by atoms with Crippen LogP contribution < -0.4 is 9.62 Å². The minimum Gasteiger partial charge on any atom is -0.352 e. The van der Waals surface area contributed by atoms with Crippen LogP contribution in [0.1, 0.15) is 50.3 Å². The molecule has 0 saturated heterocycles. The molecule has 0 heterocycles. The van der Waals surface area contributed by atoms with Crippen molar-refractivity contribution in [3.05, 3.63) is 95.3 Å². The number of nitrogens with one attached hydrogen (secondary N) is 1. The molecular weight excluding hydrogens is 529 g/mol. The topological polar surface area (TPSA) is 86.8 Å². The number of anilines is 1. The fourth-order valence-corrected chi connectivity index (χ4v) is 5.91. The Hall–Kier alpha value is -3.72. The predicted octanol–water partition coefficient (Wildman–Crippen LogP) is 5.36. The van der Waals surface area contributed by atoms with Gasteiger partial charge in [0.25, 0.3) is 10.0 Å². The largest absolute Gasteiger partial charge is 0.352 e. The maximum absolute atomic E-state index is 14.1. The Balaban J connectivity index is 2.07. The van der Waals surface area contributed by atoms with Gasteiger partial charge in [0.05, 0.1) is 10.6 Å². The molecule has 0 spiro atoms. The molecule has 214 valence electrons. The number of hydrogen-bond donors (Lipinski definition) is 1. The van der Waals surface area contributed by atoms with Crippen molar-refractivity contribution in [1.29, 1.82) is 0 Å². The van der Waals surface area contributed by atoms with Gasteiger partial charge in [0, 0.05) is 12.6 Å². The van der Waals surface area contributed by atoms with Crippen LogP contribution in [0.2, 0.25) is 0 Å². The monoisotopic (exact) mass is 567 g/mol. The van der Waals surface area contributed by atoms with Crippen molar-refractivity contribution in [2.75, 3.05) is 10.8 Å². The highest BCUT2D eigenvalue weighted by molar-refractivity contribution is 7.92. The van der Waals surface area contributed by atoms with Crippen LogP contribution in [0.4, 0.5) is 10.1 Å². The molecule has 0 fully saturated rings. The first-order valence-electron chi connectivity index (χ1n) is 13.5. The number of carbonyl (C=O) groups is 2. The first-order valence-corrected chi connectivity index (χ1v) is 14.9. The second-order valence-electron chi connectivity index (χ2n) is 10.1. The van der Waals surface area contributed by atoms with Gasteiger partial charge in [-0.2, -0.15) is 0 Å². The molecule has 2 amide bonds. The Kier molecular flexibility index (Phi) is 10.5. The summed E-state index contributed by atoms with van der Waals surface area (Å²) in [5.41, 5.74) is 2.67. The summed E-state index contributed by atoms with van der Waals surface area (Å²) in [6.45, 7) is 8.84. The summed E-state index contributed by atoms with van der Waals surface area (Å²) in [6, 6.07) is 18.0. The van der Waals surface area contributed by atoms with E-state index in [0.717, 1.165) is 15.4 Å². The summed E-state index contributed by atoms with van der Waals surface area (Å²) in [6.07, 6.45) is 1.02. The second kappa shape index (κ2) is 13.6. The Morgan fingerprint density at radius 3 is 2.05 bits per heavy atom. The number of rotatable bonds is 12. The van der Waals surface area contributed by atoms with Crippen LogP contribution in [0.3, 0.4) is 0 Å². The number of benzene rings is 3. The van der Waals surface area contributed by atoms with Crippen molar-refractivity contribution in [3.8, 4) is 0 Å². The summed E-state index contributed by atoms with van der Waals surface area (Å²) in [4.78, 5) is 28.8. The third kappa shape index (κ3) is 7.69. The lowest BCUT2D eigenvalue weighted by molar-refractivity contribution is -0.140. The van der Waals surface area contributed by atoms with Crippen LogP contribution in [0, 0.1) is 19.7 Å². The fourth-order valence-electron chi connectivity index (χ4n) is 4.49. The Bertz CT molecular complexity index is 1390. The zero-order valence-electron chi connectivity index (χ0n) is 23.7. The van der Waals surface area contributed by atoms with Crippen LogP contribution in [-0.4, -0.2) is 43.8 Å². The zero-order valence-corrected chi connectivity index (χ0v) is 24.5. The molecule has 0 aliphatic rings. The van der Waals surface area contributed by atoms with Crippen molar-refractivity contribution in [2.24, 2.45) is 0 Å². The van der Waals surface area contributed by atoms with E-state index >= 15 is 0 Å². The van der Waals surface area contributed by atoms with E-state index in [4.69, 9.17) is 0 Å². The average molecular weight is 568 g/mol. The van der Waals surface area contributed by atoms with E-state index in [1.54, 1.807) is 49.4 Å². The average Bonchev–Trinajstić information content (AvgIpc) is 2.92. The van der Waals surface area contributed by atoms with Gasteiger partial charge in [0.15, 0.2) is 0 Å². The number of halogens is 1. The lowest BCUT2D eigenvalue weighted by Gasteiger charge is -2.34. The van der Waals surface area contributed by atoms with Crippen molar-refractivity contribution >= 4 is 27.5 Å². The van der Waals surface area contributed by atoms with Crippen LogP contribution >= 0.6 is 0 Å². The van der Waals surface area contributed by atoms with Gasteiger partial charge in [-0.15, -0.1) is 0 Å². The minimum absolute atomic E-state index is 0.0115. The van der Waals surface area contributed by atoms with Crippen molar-refractivity contribution in [2.45, 2.75) is 71.0 Å². The third-order valence-electron chi connectivity index (χ3n) is 6.76. The standard InChI is InChI=1S/C31H38FN3O4S/c1-6-24(5)33-31(37)29(7-2)34(20-25-13-15-26(32)16-14-25)30(36)21-35(27-18-22(3)17-23(4)19-27)40(38,39)28-11-9-8-10-12-28/h8-19,24,29H,6-7,20-21H2,1-5H3,(H,33,37)/t24-,29-/m1/s1. The molecule has 7 nitrogen and oxygen atoms in total. The van der Waals surface area contributed by atoms with E-state index in [2.05, 4.69) is 5.32 Å². The lowest BCUT2D eigenvalue weighted by Crippen LogP contribution is -2.53. The normalized spacial score (nSPS) is 12.8. The smallest absolute Gasteiger partial charge is 0.264 e. The number of carbonyl (C=O) groups excluding carboxylic acids is 2. The molecule has 0 unspecified atom stereocenters. The first-order chi connectivity index (χ1) is 19.0. The maximum atomic E-state index is 14.1. The number of nitrogens with zero attached hydrogens (tertiary/aromatic N) is 2. The highest BCUT2D eigenvalue weighted by Gasteiger charge is 2.34. The molecule has 3 rings (SSSR count). The fraction of sp³-hybridized carbons (Fsp3) is 0.355. The molecule has 0 aromatic heterocycles. The van der Waals surface area contributed by atoms with E-state index in [0.29, 0.717) is 24.1 Å². The van der Waals surface area contributed by atoms with Crippen LogP contribution in [-0.2, 0) is 26.2 Å². The number of hydrogen-bond acceptors (Lipinski definition) is 4. The molecule has 0 bridgehead atoms. The summed E-state index contributed by atoms with van der Waals surface area (Å²) in [5, 5.41) is 2.94. The first kappa shape index (κ1) is 30.8. The summed E-state index contributed by atoms with van der Waals surface area (Å²) in [7, 11) is -4.13. The van der Waals surface area contributed by atoms with Crippen LogP contribution in [0.15, 0.2) is 77.7 Å². The molecular formula is C31H38FN3O4S. The molecule has 0 aliphatic carbocycles. The molecule has 9 heteroatoms. The minimum atomic E-state index is -4.13. The van der Waals surface area contributed by atoms with Crippen molar-refractivity contribution in [1.82, 2.24) is 10.2 Å². The summed E-state index contributed by atoms with van der Waals surface area (Å²) < 4.78 is 42.5. The lowest BCUT2D eigenvalue weighted by atomic mass is 10.1. The molecule has 0 saturated carbocycles. The number of amides is 2. The highest BCUT2D eigenvalue weighted by atomic mass is 32.2. The van der Waals surface area contributed by atoms with Gasteiger partial charge < -0.3 is 10.2 Å². The van der Waals surface area contributed by atoms with Gasteiger partial charge in [-0.05, 0) is 86.7 Å². The molecule has 0 radical (unpaired) electrons. The number of sulfonamides is 1. The molecule has 0 aliphatic heterocycles. The van der Waals surface area contributed by atoms with Gasteiger partial charge in [-0.25, -0.2) is 12.8 Å². The SMILES string of the molecule is CC[C@@H](C)NC(=O)[C@@H](CC)N(Cc1ccc(F)cc1)C(=O)CN(c1cc(C)cc(C)c1)S(=O)(=O)c1ccccc1. The predicted molar refractivity (Wildman–Crippen MR) is 156 cm³/mol. The maximum Gasteiger partial charge on any atom is 0.264 e. The zero-order chi connectivity index (χ0) is 29.4. The van der Waals surface area contributed by atoms with Crippen molar-refractivity contribution < 1.29 is 22.4 Å². The van der Waals surface area contributed by atoms with Gasteiger partial charge in [-0.3, -0.25) is 13.9 Å². The second-order valence-corrected chi connectivity index (χ2v) is 11.9. The molecule has 1 N–H and O–H groups in total. The van der Waals surface area contributed by atoms with E-state index in [9.17, 15) is 22.4 Å². The highest BCUT2D eigenvalue weighted by Crippen LogP contribution is 2.27. The van der Waals surface area contributed by atoms with E-state index in [-0.39, 0.29) is 23.4 Å². The Morgan fingerprint density at radius 2 is 1.50 bits per heavy atom. The van der Waals surface area contributed by atoms with Crippen LogP contribution in [0.25, 0.3) is 0 Å². The number of aryl methyl sites for hydroxylation is 2. The van der Waals surface area contributed by atoms with Crippen LogP contribution in [0.5, 0.6) is 0 Å². The summed E-state index contributed by atoms with van der Waals surface area (Å²) in [5.74, 6) is -1.29. The van der Waals surface area contributed by atoms with Gasteiger partial charge in [0.2, 0.25) is 11.8 Å². The van der Waals surface area contributed by atoms with E-state index < -0.39 is 34.3 Å². The van der Waals surface area contributed by atoms with E-state index in [1.807, 2.05) is 33.8 Å². The Morgan fingerprint density at radius 1 is 0.900 bits per heavy atom. The Labute approximate surface area is 237 Å². The van der Waals surface area contributed by atoms with Gasteiger partial charge in [0.1, 0.15) is 18.4 Å². The molecule has 3 aromatic rings. The molecule has 2 atom stereocenters.